The van der Waals surface area contributed by atoms with E-state index < -0.39 is 70.8 Å². The maximum Gasteiger partial charge on any atom is 0.341 e. The number of carbonyl (C=O) groups excluding carboxylic acids is 3. The van der Waals surface area contributed by atoms with E-state index in [0.29, 0.717) is 0 Å². The smallest absolute Gasteiger partial charge is 0.341 e. The Morgan fingerprint density at radius 2 is 1.84 bits per heavy atom. The number of epoxide rings is 1. The monoisotopic (exact) mass is 438 g/mol. The van der Waals surface area contributed by atoms with Gasteiger partial charge in [-0.1, -0.05) is 13.5 Å². The largest absolute Gasteiger partial charge is 0.459 e. The second-order valence-corrected chi connectivity index (χ2v) is 9.99. The summed E-state index contributed by atoms with van der Waals surface area (Å²) in [6, 6.07) is 0. The molecule has 0 bridgehead atoms. The Bertz CT molecular complexity index is 850. The molecule has 2 aliphatic heterocycles. The van der Waals surface area contributed by atoms with Crippen LogP contribution in [0.15, 0.2) is 12.2 Å². The van der Waals surface area contributed by atoms with Gasteiger partial charge in [-0.25, -0.2) is 9.59 Å². The molecule has 2 saturated heterocycles. The highest BCUT2D eigenvalue weighted by Crippen LogP contribution is 2.60. The lowest BCUT2D eigenvalue weighted by Gasteiger charge is -2.60. The summed E-state index contributed by atoms with van der Waals surface area (Å²) in [5.74, 6) is -3.24. The fourth-order valence-electron chi connectivity index (χ4n) is 5.92. The van der Waals surface area contributed by atoms with Gasteiger partial charge in [-0.2, -0.15) is 0 Å². The summed E-state index contributed by atoms with van der Waals surface area (Å²) in [7, 11) is 0. The lowest BCUT2D eigenvalue weighted by atomic mass is 9.49. The van der Waals surface area contributed by atoms with E-state index in [1.807, 2.05) is 0 Å². The van der Waals surface area contributed by atoms with Crippen molar-refractivity contribution >= 4 is 17.9 Å². The molecule has 0 radical (unpaired) electrons. The van der Waals surface area contributed by atoms with Gasteiger partial charge in [0.05, 0.1) is 18.1 Å². The van der Waals surface area contributed by atoms with E-state index in [4.69, 9.17) is 18.9 Å². The molecule has 4 fully saturated rings. The van der Waals surface area contributed by atoms with Crippen LogP contribution in [-0.2, 0) is 33.3 Å². The van der Waals surface area contributed by atoms with Crippen LogP contribution < -0.4 is 0 Å². The number of hydrogen-bond acceptors (Lipinski definition) is 9. The number of carbonyl (C=O) groups is 3. The van der Waals surface area contributed by atoms with Gasteiger partial charge in [0.2, 0.25) is 0 Å². The number of fused-ring (bicyclic) bond motifs is 3. The molecule has 0 unspecified atom stereocenters. The molecule has 10 atom stereocenters. The van der Waals surface area contributed by atoms with Crippen molar-refractivity contribution in [1.29, 1.82) is 0 Å². The summed E-state index contributed by atoms with van der Waals surface area (Å²) in [5, 5.41) is 22.6. The zero-order chi connectivity index (χ0) is 23.1. The Hall–Kier alpha value is -1.97. The van der Waals surface area contributed by atoms with E-state index in [2.05, 4.69) is 6.58 Å². The molecule has 2 N–H and O–H groups in total. The van der Waals surface area contributed by atoms with Gasteiger partial charge in [0.1, 0.15) is 23.9 Å². The molecule has 2 saturated carbocycles. The molecule has 4 rings (SSSR count). The van der Waals surface area contributed by atoms with Crippen LogP contribution in [0.1, 0.15) is 47.5 Å². The first-order chi connectivity index (χ1) is 14.2. The molecule has 0 aromatic rings. The molecule has 172 valence electrons. The van der Waals surface area contributed by atoms with Crippen molar-refractivity contribution in [2.24, 2.45) is 17.3 Å². The first-order valence-corrected chi connectivity index (χ1v) is 10.6. The van der Waals surface area contributed by atoms with Gasteiger partial charge >= 0.3 is 17.9 Å². The minimum atomic E-state index is -1.59. The number of ether oxygens (including phenoxy) is 4. The number of hydrogen-bond donors (Lipinski definition) is 2. The Balaban J connectivity index is 1.71. The van der Waals surface area contributed by atoms with Crippen LogP contribution in [0.5, 0.6) is 0 Å². The number of aliphatic hydroxyl groups is 2. The van der Waals surface area contributed by atoms with Crippen molar-refractivity contribution in [1.82, 2.24) is 0 Å². The van der Waals surface area contributed by atoms with Crippen LogP contribution in [-0.4, -0.2) is 69.8 Å². The lowest BCUT2D eigenvalue weighted by molar-refractivity contribution is -0.267. The maximum atomic E-state index is 12.8. The van der Waals surface area contributed by atoms with Crippen LogP contribution >= 0.6 is 0 Å². The lowest BCUT2D eigenvalue weighted by Crippen LogP contribution is -2.70. The molecular formula is C22H30O9. The minimum Gasteiger partial charge on any atom is -0.459 e. The fraction of sp³-hybridized carbons (Fsp3) is 0.773. The Morgan fingerprint density at radius 3 is 2.39 bits per heavy atom. The normalized spacial score (nSPS) is 50.7. The molecule has 9 heteroatoms. The van der Waals surface area contributed by atoms with Crippen molar-refractivity contribution < 1.29 is 43.5 Å². The molecule has 2 aliphatic carbocycles. The minimum absolute atomic E-state index is 0.00435. The van der Waals surface area contributed by atoms with Crippen molar-refractivity contribution in [3.63, 3.8) is 0 Å². The average Bonchev–Trinajstić information content (AvgIpc) is 3.15. The van der Waals surface area contributed by atoms with Crippen molar-refractivity contribution in [3.05, 3.63) is 12.2 Å². The van der Waals surface area contributed by atoms with Crippen LogP contribution in [0.3, 0.4) is 0 Å². The molecule has 2 heterocycles. The summed E-state index contributed by atoms with van der Waals surface area (Å²) in [6.45, 7) is 11.8. The van der Waals surface area contributed by atoms with Gasteiger partial charge in [-0.05, 0) is 27.2 Å². The Morgan fingerprint density at radius 1 is 1.23 bits per heavy atom. The van der Waals surface area contributed by atoms with Crippen molar-refractivity contribution in [2.45, 2.75) is 89.2 Å². The highest BCUT2D eigenvalue weighted by molar-refractivity contribution is 5.91. The Kier molecular flexibility index (Phi) is 4.85. The first-order valence-electron chi connectivity index (χ1n) is 10.6. The van der Waals surface area contributed by atoms with Gasteiger partial charge in [0, 0.05) is 30.3 Å². The van der Waals surface area contributed by atoms with Gasteiger partial charge < -0.3 is 29.2 Å². The molecule has 0 amide bonds. The van der Waals surface area contributed by atoms with E-state index >= 15 is 0 Å². The quantitative estimate of drug-likeness (QED) is 0.282. The molecular weight excluding hydrogens is 408 g/mol. The fourth-order valence-corrected chi connectivity index (χ4v) is 5.92. The van der Waals surface area contributed by atoms with E-state index in [0.717, 1.165) is 0 Å². The van der Waals surface area contributed by atoms with Crippen LogP contribution in [0, 0.1) is 17.3 Å². The third-order valence-corrected chi connectivity index (χ3v) is 7.93. The average molecular weight is 438 g/mol. The summed E-state index contributed by atoms with van der Waals surface area (Å²) < 4.78 is 22.1. The molecule has 0 spiro atoms. The van der Waals surface area contributed by atoms with Crippen molar-refractivity contribution in [2.75, 3.05) is 0 Å². The van der Waals surface area contributed by atoms with E-state index in [-0.39, 0.29) is 24.5 Å². The second-order valence-electron chi connectivity index (χ2n) is 9.99. The van der Waals surface area contributed by atoms with Crippen LogP contribution in [0.2, 0.25) is 0 Å². The molecule has 0 aromatic heterocycles. The summed E-state index contributed by atoms with van der Waals surface area (Å²) in [5.41, 5.74) is -3.47. The topological polar surface area (TPSA) is 132 Å². The van der Waals surface area contributed by atoms with E-state index in [9.17, 15) is 24.6 Å². The zero-order valence-electron chi connectivity index (χ0n) is 18.4. The third kappa shape index (κ3) is 3.12. The summed E-state index contributed by atoms with van der Waals surface area (Å²) >= 11 is 0. The number of esters is 3. The predicted octanol–water partition coefficient (Wildman–Crippen LogP) is 0.647. The molecule has 0 aromatic carbocycles. The van der Waals surface area contributed by atoms with Crippen LogP contribution in [0.4, 0.5) is 0 Å². The van der Waals surface area contributed by atoms with Gasteiger partial charge in [0.25, 0.3) is 0 Å². The zero-order valence-corrected chi connectivity index (χ0v) is 18.4. The second kappa shape index (κ2) is 6.76. The van der Waals surface area contributed by atoms with Gasteiger partial charge in [0.15, 0.2) is 5.60 Å². The SMILES string of the molecule is C=C1C(=O)O[C@H]2[C@H]1[C@H](OC(=O)[C@]1(C)O[C@@H]1C)C[C@@]1(C)[C@H](O)C[C@H](OC(C)=O)[C@](C)(O)[C@H]21. The van der Waals surface area contributed by atoms with Gasteiger partial charge in [-0.3, -0.25) is 4.79 Å². The first kappa shape index (κ1) is 22.2. The molecule has 4 aliphatic rings. The predicted molar refractivity (Wildman–Crippen MR) is 104 cm³/mol. The number of aliphatic hydroxyl groups excluding tert-OH is 1. The van der Waals surface area contributed by atoms with E-state index in [1.165, 1.54) is 13.8 Å². The van der Waals surface area contributed by atoms with Crippen molar-refractivity contribution in [3.8, 4) is 0 Å². The summed E-state index contributed by atoms with van der Waals surface area (Å²) in [4.78, 5) is 36.8. The standard InChI is InChI=1S/C22H30O9/c1-9-15-12(29-19(26)22(6)10(2)31-22)8-20(4)13(24)7-14(28-11(3)23)21(5,27)17(20)16(15)30-18(9)25/h10,12-17,24,27H,1,7-8H2,2-6H3/t10-,12-,13-,14+,15-,16+,17-,20+,21+,22-/m1/s1. The third-order valence-electron chi connectivity index (χ3n) is 7.93. The molecule has 31 heavy (non-hydrogen) atoms. The maximum absolute atomic E-state index is 12.8. The van der Waals surface area contributed by atoms with Crippen LogP contribution in [0.25, 0.3) is 0 Å². The summed E-state index contributed by atoms with van der Waals surface area (Å²) in [6.07, 6.45) is -3.77. The highest BCUT2D eigenvalue weighted by atomic mass is 16.7. The van der Waals surface area contributed by atoms with E-state index in [1.54, 1.807) is 20.8 Å². The van der Waals surface area contributed by atoms with Gasteiger partial charge in [-0.15, -0.1) is 0 Å². The Labute approximate surface area is 180 Å². The molecule has 9 nitrogen and oxygen atoms in total. The highest BCUT2D eigenvalue weighted by Gasteiger charge is 2.70. The number of rotatable bonds is 3.